The SMILES string of the molecule is CCC(=O)O.O=c1[nH]c2ccc(NS(=O)(=O)c3ccc(F)cc3)cc2c2cc[nH]c12. The van der Waals surface area contributed by atoms with Gasteiger partial charge >= 0.3 is 5.97 Å². The first-order valence-electron chi connectivity index (χ1n) is 8.84. The molecule has 0 aliphatic rings. The van der Waals surface area contributed by atoms with Gasteiger partial charge in [-0.25, -0.2) is 12.8 Å². The van der Waals surface area contributed by atoms with Crippen molar-refractivity contribution in [3.8, 4) is 0 Å². The van der Waals surface area contributed by atoms with E-state index in [1.807, 2.05) is 0 Å². The molecule has 8 nitrogen and oxygen atoms in total. The molecule has 0 atom stereocenters. The van der Waals surface area contributed by atoms with Crippen LogP contribution in [-0.4, -0.2) is 29.5 Å². The zero-order valence-electron chi connectivity index (χ0n) is 15.8. The minimum Gasteiger partial charge on any atom is -0.481 e. The minimum absolute atomic E-state index is 0.0396. The van der Waals surface area contributed by atoms with E-state index in [0.717, 1.165) is 12.1 Å². The van der Waals surface area contributed by atoms with Crippen molar-refractivity contribution in [2.24, 2.45) is 0 Å². The van der Waals surface area contributed by atoms with E-state index in [1.165, 1.54) is 12.1 Å². The van der Waals surface area contributed by atoms with Gasteiger partial charge < -0.3 is 15.1 Å². The number of halogens is 1. The Morgan fingerprint density at radius 1 is 1.10 bits per heavy atom. The van der Waals surface area contributed by atoms with Crippen LogP contribution >= 0.6 is 0 Å². The van der Waals surface area contributed by atoms with Crippen molar-refractivity contribution in [2.75, 3.05) is 4.72 Å². The highest BCUT2D eigenvalue weighted by Gasteiger charge is 2.15. The molecule has 10 heteroatoms. The number of hydrogen-bond donors (Lipinski definition) is 4. The summed E-state index contributed by atoms with van der Waals surface area (Å²) >= 11 is 0. The van der Waals surface area contributed by atoms with E-state index < -0.39 is 21.8 Å². The number of aliphatic carboxylic acids is 1. The molecule has 0 amide bonds. The summed E-state index contributed by atoms with van der Waals surface area (Å²) in [5.41, 5.74) is 1.12. The summed E-state index contributed by atoms with van der Waals surface area (Å²) in [5, 5.41) is 9.12. The second-order valence-electron chi connectivity index (χ2n) is 6.29. The van der Waals surface area contributed by atoms with E-state index in [-0.39, 0.29) is 16.9 Å². The van der Waals surface area contributed by atoms with Crippen LogP contribution in [0.3, 0.4) is 0 Å². The third kappa shape index (κ3) is 4.49. The fourth-order valence-corrected chi connectivity index (χ4v) is 3.78. The molecule has 0 radical (unpaired) electrons. The number of fused-ring (bicyclic) bond motifs is 3. The normalized spacial score (nSPS) is 11.1. The number of hydrogen-bond acceptors (Lipinski definition) is 4. The highest BCUT2D eigenvalue weighted by molar-refractivity contribution is 7.92. The maximum Gasteiger partial charge on any atom is 0.303 e. The van der Waals surface area contributed by atoms with Gasteiger partial charge in [0.1, 0.15) is 11.3 Å². The molecule has 156 valence electrons. The zero-order valence-corrected chi connectivity index (χ0v) is 16.6. The smallest absolute Gasteiger partial charge is 0.303 e. The molecule has 0 aliphatic heterocycles. The monoisotopic (exact) mass is 431 g/mol. The number of nitrogens with one attached hydrogen (secondary N) is 3. The highest BCUT2D eigenvalue weighted by Crippen LogP contribution is 2.25. The van der Waals surface area contributed by atoms with Gasteiger partial charge in [-0.05, 0) is 48.5 Å². The van der Waals surface area contributed by atoms with Gasteiger partial charge in [-0.15, -0.1) is 0 Å². The van der Waals surface area contributed by atoms with Crippen LogP contribution in [0.2, 0.25) is 0 Å². The summed E-state index contributed by atoms with van der Waals surface area (Å²) in [7, 11) is -3.84. The average molecular weight is 431 g/mol. The maximum absolute atomic E-state index is 13.0. The average Bonchev–Trinajstić information content (AvgIpc) is 3.20. The third-order valence-electron chi connectivity index (χ3n) is 4.21. The molecule has 0 spiro atoms. The Morgan fingerprint density at radius 3 is 2.40 bits per heavy atom. The zero-order chi connectivity index (χ0) is 21.9. The molecule has 2 aromatic carbocycles. The lowest BCUT2D eigenvalue weighted by molar-refractivity contribution is -0.136. The number of benzene rings is 2. The van der Waals surface area contributed by atoms with Crippen molar-refractivity contribution in [1.29, 1.82) is 0 Å². The number of rotatable bonds is 4. The molecule has 30 heavy (non-hydrogen) atoms. The summed E-state index contributed by atoms with van der Waals surface area (Å²) in [5.74, 6) is -1.26. The van der Waals surface area contributed by atoms with Crippen LogP contribution in [0.15, 0.2) is 64.4 Å². The van der Waals surface area contributed by atoms with Crippen LogP contribution in [0.1, 0.15) is 13.3 Å². The fraction of sp³-hybridized carbons (Fsp3) is 0.100. The van der Waals surface area contributed by atoms with Crippen molar-refractivity contribution < 1.29 is 22.7 Å². The Bertz CT molecular complexity index is 1380. The first kappa shape index (κ1) is 21.1. The Balaban J connectivity index is 0.000000461. The molecule has 0 saturated carbocycles. The number of carbonyl (C=O) groups is 1. The van der Waals surface area contributed by atoms with Crippen LogP contribution in [0.5, 0.6) is 0 Å². The molecule has 2 heterocycles. The molecule has 0 fully saturated rings. The van der Waals surface area contributed by atoms with Gasteiger partial charge in [-0.1, -0.05) is 6.92 Å². The van der Waals surface area contributed by atoms with Crippen LogP contribution in [-0.2, 0) is 14.8 Å². The number of H-pyrrole nitrogens is 2. The lowest BCUT2D eigenvalue weighted by atomic mass is 10.1. The predicted octanol–water partition coefficient (Wildman–Crippen LogP) is 3.43. The molecule has 0 bridgehead atoms. The minimum atomic E-state index is -3.84. The lowest BCUT2D eigenvalue weighted by Gasteiger charge is -2.09. The van der Waals surface area contributed by atoms with Gasteiger partial charge in [-0.3, -0.25) is 14.3 Å². The van der Waals surface area contributed by atoms with Crippen molar-refractivity contribution in [1.82, 2.24) is 9.97 Å². The van der Waals surface area contributed by atoms with Crippen molar-refractivity contribution in [2.45, 2.75) is 18.2 Å². The van der Waals surface area contributed by atoms with E-state index in [1.54, 1.807) is 37.4 Å². The van der Waals surface area contributed by atoms with Gasteiger partial charge in [0.25, 0.3) is 15.6 Å². The van der Waals surface area contributed by atoms with E-state index in [2.05, 4.69) is 14.7 Å². The van der Waals surface area contributed by atoms with Crippen molar-refractivity contribution >= 4 is 43.5 Å². The first-order valence-corrected chi connectivity index (χ1v) is 10.3. The van der Waals surface area contributed by atoms with E-state index >= 15 is 0 Å². The molecule has 4 N–H and O–H groups in total. The number of carboxylic acid groups (broad SMARTS) is 1. The molecule has 2 aromatic heterocycles. The maximum atomic E-state index is 13.0. The fourth-order valence-electron chi connectivity index (χ4n) is 2.73. The van der Waals surface area contributed by atoms with Crippen LogP contribution in [0.4, 0.5) is 10.1 Å². The van der Waals surface area contributed by atoms with Gasteiger partial charge in [0.05, 0.1) is 4.90 Å². The molecule has 4 aromatic rings. The molecular formula is C20H18FN3O5S. The second-order valence-corrected chi connectivity index (χ2v) is 7.97. The van der Waals surface area contributed by atoms with Gasteiger partial charge in [0.15, 0.2) is 0 Å². The number of sulfonamides is 1. The third-order valence-corrected chi connectivity index (χ3v) is 5.61. The van der Waals surface area contributed by atoms with Crippen molar-refractivity contribution in [3.63, 3.8) is 0 Å². The summed E-state index contributed by atoms with van der Waals surface area (Å²) < 4.78 is 40.3. The van der Waals surface area contributed by atoms with E-state index in [0.29, 0.717) is 27.5 Å². The standard InChI is InChI=1S/C17H12FN3O3S.C3H6O2/c18-10-1-4-12(5-2-10)25(23,24)21-11-3-6-15-14(9-11)13-7-8-19-16(13)17(22)20-15;1-2-3(4)5/h1-9,19,21H,(H,20,22);2H2,1H3,(H,4,5). The molecule has 4 rings (SSSR count). The number of pyridine rings is 1. The summed E-state index contributed by atoms with van der Waals surface area (Å²) in [6.07, 6.45) is 1.87. The second kappa shape index (κ2) is 8.37. The van der Waals surface area contributed by atoms with E-state index in [4.69, 9.17) is 5.11 Å². The number of carboxylic acids is 1. The van der Waals surface area contributed by atoms with E-state index in [9.17, 15) is 22.4 Å². The quantitative estimate of drug-likeness (QED) is 0.393. The lowest BCUT2D eigenvalue weighted by Crippen LogP contribution is -2.13. The summed E-state index contributed by atoms with van der Waals surface area (Å²) in [4.78, 5) is 26.9. The van der Waals surface area contributed by atoms with Gasteiger partial charge in [-0.2, -0.15) is 0 Å². The van der Waals surface area contributed by atoms with Crippen LogP contribution in [0.25, 0.3) is 21.8 Å². The molecule has 0 aliphatic carbocycles. The van der Waals surface area contributed by atoms with Crippen LogP contribution in [0, 0.1) is 5.82 Å². The van der Waals surface area contributed by atoms with Crippen molar-refractivity contribution in [3.05, 3.63) is 70.9 Å². The number of aromatic nitrogens is 2. The first-order chi connectivity index (χ1) is 14.2. The topological polar surface area (TPSA) is 132 Å². The molecule has 0 unspecified atom stereocenters. The van der Waals surface area contributed by atoms with Crippen LogP contribution < -0.4 is 10.3 Å². The molecular weight excluding hydrogens is 413 g/mol. The Kier molecular flexibility index (Phi) is 5.88. The number of aromatic amines is 2. The summed E-state index contributed by atoms with van der Waals surface area (Å²) in [6, 6.07) is 11.1. The Morgan fingerprint density at radius 2 is 1.77 bits per heavy atom. The van der Waals surface area contributed by atoms with Gasteiger partial charge in [0, 0.05) is 34.6 Å². The summed E-state index contributed by atoms with van der Waals surface area (Å²) in [6.45, 7) is 1.60. The largest absolute Gasteiger partial charge is 0.481 e. The highest BCUT2D eigenvalue weighted by atomic mass is 32.2. The predicted molar refractivity (Wildman–Crippen MR) is 112 cm³/mol. The Labute approximate surface area is 170 Å². The Hall–Kier alpha value is -3.66. The number of anilines is 1. The molecule has 0 saturated heterocycles. The van der Waals surface area contributed by atoms with Gasteiger partial charge in [0.2, 0.25) is 0 Å².